The zero-order valence-corrected chi connectivity index (χ0v) is 19.8. The van der Waals surface area contributed by atoms with Crippen LogP contribution in [0.4, 0.5) is 5.69 Å². The van der Waals surface area contributed by atoms with Gasteiger partial charge in [0.1, 0.15) is 11.5 Å². The van der Waals surface area contributed by atoms with Crippen LogP contribution in [-0.2, 0) is 11.8 Å². The van der Waals surface area contributed by atoms with Crippen molar-refractivity contribution < 1.29 is 9.47 Å². The summed E-state index contributed by atoms with van der Waals surface area (Å²) < 4.78 is 13.0. The minimum atomic E-state index is -0.404. The number of aryl methyl sites for hydroxylation is 2. The predicted octanol–water partition coefficient (Wildman–Crippen LogP) is 2.20. The molecule has 4 heterocycles. The second-order valence-corrected chi connectivity index (χ2v) is 8.58. The fourth-order valence-corrected chi connectivity index (χ4v) is 3.88. The Labute approximate surface area is 193 Å². The average Bonchev–Trinajstić information content (AvgIpc) is 3.13. The first-order valence-electron chi connectivity index (χ1n) is 10.5. The summed E-state index contributed by atoms with van der Waals surface area (Å²) in [6.45, 7) is 6.51. The second-order valence-electron chi connectivity index (χ2n) is 8.58. The molecule has 0 radical (unpaired) electrons. The van der Waals surface area contributed by atoms with Gasteiger partial charge in [-0.2, -0.15) is 5.10 Å². The highest BCUT2D eigenvalue weighted by atomic mass is 16.5. The van der Waals surface area contributed by atoms with E-state index in [9.17, 15) is 0 Å². The molecule has 2 aliphatic heterocycles. The van der Waals surface area contributed by atoms with Gasteiger partial charge in [-0.1, -0.05) is 0 Å². The molecule has 0 bridgehead atoms. The van der Waals surface area contributed by atoms with Gasteiger partial charge in [-0.05, 0) is 39.0 Å². The summed E-state index contributed by atoms with van der Waals surface area (Å²) in [4.78, 5) is 12.8. The van der Waals surface area contributed by atoms with Crippen molar-refractivity contribution in [1.29, 1.82) is 0 Å². The Morgan fingerprint density at radius 2 is 1.91 bits per heavy atom. The number of hydrogen-bond acceptors (Lipinski definition) is 9. The van der Waals surface area contributed by atoms with Crippen molar-refractivity contribution >= 4 is 11.6 Å². The van der Waals surface area contributed by atoms with Gasteiger partial charge < -0.3 is 25.8 Å². The Morgan fingerprint density at radius 1 is 1.15 bits per heavy atom. The largest absolute Gasteiger partial charge is 0.479 e. The molecule has 2 aromatic heterocycles. The Hall–Kier alpha value is -3.79. The Kier molecular flexibility index (Phi) is 5.62. The van der Waals surface area contributed by atoms with Crippen molar-refractivity contribution in [2.24, 2.45) is 23.5 Å². The van der Waals surface area contributed by atoms with Crippen molar-refractivity contribution in [3.05, 3.63) is 59.6 Å². The van der Waals surface area contributed by atoms with Gasteiger partial charge in [0, 0.05) is 43.9 Å². The van der Waals surface area contributed by atoms with Crippen LogP contribution in [0.15, 0.2) is 58.9 Å². The third kappa shape index (κ3) is 4.05. The Bertz CT molecular complexity index is 1210. The van der Waals surface area contributed by atoms with Crippen LogP contribution in [0.25, 0.3) is 11.3 Å². The van der Waals surface area contributed by atoms with Gasteiger partial charge in [0.2, 0.25) is 11.8 Å². The fraction of sp³-hybridized carbons (Fsp3) is 0.348. The first-order valence-corrected chi connectivity index (χ1v) is 10.5. The number of nitrogens with zero attached hydrogens (tertiary/aromatic N) is 6. The van der Waals surface area contributed by atoms with E-state index in [2.05, 4.69) is 10.1 Å². The number of hydrogen-bond donors (Lipinski definition) is 2. The molecule has 0 spiro atoms. The highest BCUT2D eigenvalue weighted by molar-refractivity contribution is 6.02. The molecule has 10 nitrogen and oxygen atoms in total. The number of ether oxygens (including phenoxy) is 2. The van der Waals surface area contributed by atoms with E-state index in [1.165, 1.54) is 0 Å². The average molecular weight is 451 g/mol. The number of aromatic nitrogens is 3. The molecular formula is C23H30N8O2. The molecule has 0 amide bonds. The number of pyridine rings is 1. The smallest absolute Gasteiger partial charge is 0.238 e. The number of allylic oxidation sites excluding steroid dienone is 1. The summed E-state index contributed by atoms with van der Waals surface area (Å²) in [5.74, 6) is 1.19. The van der Waals surface area contributed by atoms with Gasteiger partial charge in [-0.25, -0.2) is 9.98 Å². The van der Waals surface area contributed by atoms with Crippen LogP contribution in [0, 0.1) is 6.92 Å². The molecule has 0 aromatic carbocycles. The fourth-order valence-electron chi connectivity index (χ4n) is 3.88. The molecule has 4 N–H and O–H groups in total. The third-order valence-electron chi connectivity index (χ3n) is 5.72. The van der Waals surface area contributed by atoms with Gasteiger partial charge in [-0.15, -0.1) is 0 Å². The summed E-state index contributed by atoms with van der Waals surface area (Å²) in [7, 11) is 5.14. The summed E-state index contributed by atoms with van der Waals surface area (Å²) >= 11 is 0. The number of nitrogens with two attached hydrogens (primary N) is 2. The van der Waals surface area contributed by atoms with E-state index in [1.54, 1.807) is 30.0 Å². The lowest BCUT2D eigenvalue weighted by atomic mass is 10.0. The van der Waals surface area contributed by atoms with Gasteiger partial charge in [-0.3, -0.25) is 9.58 Å². The Balaban J connectivity index is 1.79. The molecule has 2 aliphatic rings. The molecule has 174 valence electrons. The number of aliphatic imine (C=N–C) groups is 1. The van der Waals surface area contributed by atoms with E-state index in [0.717, 1.165) is 22.5 Å². The predicted molar refractivity (Wildman–Crippen MR) is 128 cm³/mol. The van der Waals surface area contributed by atoms with Gasteiger partial charge in [0.15, 0.2) is 0 Å². The molecule has 0 saturated heterocycles. The number of methoxy groups -OCH3 is 2. The number of rotatable bonds is 6. The van der Waals surface area contributed by atoms with Crippen molar-refractivity contribution in [2.75, 3.05) is 25.7 Å². The lowest BCUT2D eigenvalue weighted by Crippen LogP contribution is -2.46. The van der Waals surface area contributed by atoms with Crippen LogP contribution < -0.4 is 21.1 Å². The lowest BCUT2D eigenvalue weighted by molar-refractivity contribution is 0.00703. The van der Waals surface area contributed by atoms with E-state index in [4.69, 9.17) is 25.9 Å². The first-order chi connectivity index (χ1) is 15.6. The minimum Gasteiger partial charge on any atom is -0.479 e. The van der Waals surface area contributed by atoms with E-state index in [1.807, 2.05) is 63.3 Å². The summed E-state index contributed by atoms with van der Waals surface area (Å²) in [5.41, 5.74) is 17.3. The number of guanidine groups is 1. The van der Waals surface area contributed by atoms with Gasteiger partial charge in [0.25, 0.3) is 0 Å². The van der Waals surface area contributed by atoms with E-state index < -0.39 is 5.60 Å². The van der Waals surface area contributed by atoms with Gasteiger partial charge >= 0.3 is 0 Å². The maximum absolute atomic E-state index is 6.65. The molecule has 2 aromatic rings. The van der Waals surface area contributed by atoms with Crippen molar-refractivity contribution in [2.45, 2.75) is 26.4 Å². The normalized spacial score (nSPS) is 16.1. The van der Waals surface area contributed by atoms with Crippen LogP contribution >= 0.6 is 0 Å². The maximum atomic E-state index is 6.65. The van der Waals surface area contributed by atoms with Crippen molar-refractivity contribution in [1.82, 2.24) is 19.7 Å². The minimum absolute atomic E-state index is 0.267. The highest BCUT2D eigenvalue weighted by Crippen LogP contribution is 2.38. The molecule has 0 atom stereocenters. The first kappa shape index (κ1) is 22.4. The zero-order chi connectivity index (χ0) is 23.9. The van der Waals surface area contributed by atoms with Crippen LogP contribution in [-0.4, -0.2) is 52.0 Å². The SMILES string of the molecule is COc1nc(-c2cn(C)nc2C)ccc1N1C(N)=NC=C2C=CN(CC(C)(C)OC)C(N)=C21. The molecule has 10 heteroatoms. The maximum Gasteiger partial charge on any atom is 0.238 e. The monoisotopic (exact) mass is 450 g/mol. The second kappa shape index (κ2) is 8.28. The third-order valence-corrected chi connectivity index (χ3v) is 5.72. The van der Waals surface area contributed by atoms with Crippen LogP contribution in [0.3, 0.4) is 0 Å². The molecule has 0 saturated carbocycles. The molecule has 0 unspecified atom stereocenters. The summed E-state index contributed by atoms with van der Waals surface area (Å²) in [6.07, 6.45) is 7.50. The zero-order valence-electron chi connectivity index (χ0n) is 19.8. The summed E-state index contributed by atoms with van der Waals surface area (Å²) in [6, 6.07) is 3.81. The highest BCUT2D eigenvalue weighted by Gasteiger charge is 2.33. The van der Waals surface area contributed by atoms with Crippen molar-refractivity contribution in [3.63, 3.8) is 0 Å². The van der Waals surface area contributed by atoms with E-state index in [0.29, 0.717) is 29.6 Å². The van der Waals surface area contributed by atoms with E-state index >= 15 is 0 Å². The molecule has 0 fully saturated rings. The van der Waals surface area contributed by atoms with Crippen LogP contribution in [0.2, 0.25) is 0 Å². The molecule has 33 heavy (non-hydrogen) atoms. The molecule has 4 rings (SSSR count). The number of fused-ring (bicyclic) bond motifs is 1. The van der Waals surface area contributed by atoms with Crippen molar-refractivity contribution in [3.8, 4) is 17.1 Å². The quantitative estimate of drug-likeness (QED) is 0.687. The number of anilines is 1. The summed E-state index contributed by atoms with van der Waals surface area (Å²) in [5, 5.41) is 4.41. The van der Waals surface area contributed by atoms with Gasteiger partial charge in [0.05, 0.1) is 36.3 Å². The van der Waals surface area contributed by atoms with Crippen LogP contribution in [0.5, 0.6) is 5.88 Å². The van der Waals surface area contributed by atoms with Crippen LogP contribution in [0.1, 0.15) is 19.5 Å². The molecular weight excluding hydrogens is 420 g/mol. The lowest BCUT2D eigenvalue weighted by Gasteiger charge is -2.38. The Morgan fingerprint density at radius 3 is 2.55 bits per heavy atom. The molecule has 0 aliphatic carbocycles. The standard InChI is InChI=1S/C23H30N8O2/c1-14-16(12-29(4)28-14)17-7-8-18(21(27-17)32-5)31-19-15(11-26-22(31)25)9-10-30(20(19)24)13-23(2,3)33-6/h7-12H,13,24H2,1-6H3,(H2,25,26). The topological polar surface area (TPSA) is 120 Å². The van der Waals surface area contributed by atoms with E-state index in [-0.39, 0.29) is 5.96 Å².